The normalized spacial score (nSPS) is 15.6. The molecule has 0 unspecified atom stereocenters. The Morgan fingerprint density at radius 1 is 1.09 bits per heavy atom. The van der Waals surface area contributed by atoms with Crippen LogP contribution in [0.4, 0.5) is 5.82 Å². The van der Waals surface area contributed by atoms with Crippen molar-refractivity contribution in [3.8, 4) is 0 Å². The van der Waals surface area contributed by atoms with Gasteiger partial charge in [0.15, 0.2) is 11.6 Å². The predicted octanol–water partition coefficient (Wildman–Crippen LogP) is 1.68. The molecule has 1 aromatic carbocycles. The zero-order valence-electron chi connectivity index (χ0n) is 18.8. The molecule has 0 aliphatic carbocycles. The largest absolute Gasteiger partial charge is 0.368 e. The van der Waals surface area contributed by atoms with Crippen LogP contribution in [0.3, 0.4) is 0 Å². The number of guanidine groups is 1. The summed E-state index contributed by atoms with van der Waals surface area (Å²) in [5.41, 5.74) is 2.07. The molecular formula is C23H31N9. The number of anilines is 1. The number of nitrogens with zero attached hydrogens (tertiary/aromatic N) is 7. The van der Waals surface area contributed by atoms with E-state index in [2.05, 4.69) is 76.9 Å². The van der Waals surface area contributed by atoms with E-state index in [1.54, 1.807) is 17.2 Å². The summed E-state index contributed by atoms with van der Waals surface area (Å²) < 4.78 is 1.75. The molecule has 0 spiro atoms. The lowest BCUT2D eigenvalue weighted by Crippen LogP contribution is -2.52. The highest BCUT2D eigenvalue weighted by molar-refractivity contribution is 5.86. The number of piperazine rings is 1. The van der Waals surface area contributed by atoms with E-state index in [-0.39, 0.29) is 0 Å². The third-order valence-corrected chi connectivity index (χ3v) is 5.59. The van der Waals surface area contributed by atoms with Crippen molar-refractivity contribution < 1.29 is 0 Å². The molecule has 1 aliphatic rings. The maximum absolute atomic E-state index is 4.47. The SMILES string of the molecule is CN=C(NCCNc1ncnc2c1cnn2C)N1CCN(C/C=C/c2ccccc2)CC1. The molecule has 2 N–H and O–H groups in total. The van der Waals surface area contributed by atoms with Crippen LogP contribution in [-0.4, -0.2) is 88.4 Å². The van der Waals surface area contributed by atoms with Gasteiger partial charge in [-0.05, 0) is 5.56 Å². The van der Waals surface area contributed by atoms with Crippen LogP contribution >= 0.6 is 0 Å². The van der Waals surface area contributed by atoms with Gasteiger partial charge in [0.25, 0.3) is 0 Å². The lowest BCUT2D eigenvalue weighted by atomic mass is 10.2. The molecule has 3 aromatic rings. The number of benzene rings is 1. The van der Waals surface area contributed by atoms with E-state index in [1.807, 2.05) is 20.2 Å². The molecule has 0 radical (unpaired) electrons. The summed E-state index contributed by atoms with van der Waals surface area (Å²) in [6.45, 7) is 6.43. The minimum atomic E-state index is 0.726. The molecule has 0 bridgehead atoms. The molecular weight excluding hydrogens is 402 g/mol. The third-order valence-electron chi connectivity index (χ3n) is 5.59. The van der Waals surface area contributed by atoms with Gasteiger partial charge in [0.2, 0.25) is 0 Å². The molecule has 0 saturated carbocycles. The van der Waals surface area contributed by atoms with Crippen molar-refractivity contribution in [2.75, 3.05) is 58.2 Å². The van der Waals surface area contributed by atoms with Crippen molar-refractivity contribution in [1.29, 1.82) is 0 Å². The molecule has 1 aliphatic heterocycles. The summed E-state index contributed by atoms with van der Waals surface area (Å²) in [4.78, 5) is 17.9. The molecule has 0 amide bonds. The van der Waals surface area contributed by atoms with Gasteiger partial charge in [-0.3, -0.25) is 14.6 Å². The minimum absolute atomic E-state index is 0.726. The Labute approximate surface area is 188 Å². The van der Waals surface area contributed by atoms with E-state index in [0.717, 1.165) is 68.6 Å². The number of rotatable bonds is 7. The standard InChI is InChI=1S/C23H31N9/c1-24-23(26-11-10-25-21-20-17-29-30(2)22(20)28-18-27-21)32-15-13-31(14-16-32)12-6-9-19-7-4-3-5-8-19/h3-9,17-18H,10-16H2,1-2H3,(H,24,26)(H,25,27,28)/b9-6+. The summed E-state index contributed by atoms with van der Waals surface area (Å²) in [7, 11) is 3.72. The van der Waals surface area contributed by atoms with E-state index < -0.39 is 0 Å². The summed E-state index contributed by atoms with van der Waals surface area (Å²) in [5.74, 6) is 1.75. The van der Waals surface area contributed by atoms with Gasteiger partial charge >= 0.3 is 0 Å². The summed E-state index contributed by atoms with van der Waals surface area (Å²) in [5, 5.41) is 12.0. The number of aliphatic imine (C=N–C) groups is 1. The number of hydrogen-bond donors (Lipinski definition) is 2. The van der Waals surface area contributed by atoms with Crippen LogP contribution in [0, 0.1) is 0 Å². The van der Waals surface area contributed by atoms with Crippen LogP contribution in [0.1, 0.15) is 5.56 Å². The van der Waals surface area contributed by atoms with Crippen LogP contribution in [-0.2, 0) is 7.05 Å². The Morgan fingerprint density at radius 3 is 2.69 bits per heavy atom. The Morgan fingerprint density at radius 2 is 1.91 bits per heavy atom. The van der Waals surface area contributed by atoms with E-state index >= 15 is 0 Å². The second kappa shape index (κ2) is 10.7. The summed E-state index contributed by atoms with van der Waals surface area (Å²) in [6.07, 6.45) is 7.79. The van der Waals surface area contributed by atoms with Gasteiger partial charge in [0.1, 0.15) is 12.1 Å². The van der Waals surface area contributed by atoms with E-state index in [0.29, 0.717) is 0 Å². The van der Waals surface area contributed by atoms with Gasteiger partial charge in [0, 0.05) is 59.9 Å². The highest BCUT2D eigenvalue weighted by Gasteiger charge is 2.18. The van der Waals surface area contributed by atoms with Crippen LogP contribution in [0.25, 0.3) is 17.1 Å². The Hall–Kier alpha value is -3.46. The van der Waals surface area contributed by atoms with Crippen LogP contribution in [0.5, 0.6) is 0 Å². The molecule has 4 rings (SSSR count). The van der Waals surface area contributed by atoms with Crippen LogP contribution in [0.2, 0.25) is 0 Å². The average Bonchev–Trinajstić information content (AvgIpc) is 3.22. The lowest BCUT2D eigenvalue weighted by molar-refractivity contribution is 0.194. The number of nitrogens with one attached hydrogen (secondary N) is 2. The maximum atomic E-state index is 4.47. The topological polar surface area (TPSA) is 86.5 Å². The van der Waals surface area contributed by atoms with Crippen LogP contribution in [0.15, 0.2) is 53.9 Å². The monoisotopic (exact) mass is 433 g/mol. The quantitative estimate of drug-likeness (QED) is 0.333. The van der Waals surface area contributed by atoms with Crippen molar-refractivity contribution in [3.05, 3.63) is 54.5 Å². The minimum Gasteiger partial charge on any atom is -0.368 e. The molecule has 1 saturated heterocycles. The summed E-state index contributed by atoms with van der Waals surface area (Å²) in [6, 6.07) is 10.4. The number of fused-ring (bicyclic) bond motifs is 1. The van der Waals surface area contributed by atoms with Gasteiger partial charge in [-0.25, -0.2) is 9.97 Å². The van der Waals surface area contributed by atoms with Crippen molar-refractivity contribution >= 4 is 28.9 Å². The molecule has 9 heteroatoms. The first-order chi connectivity index (χ1) is 15.7. The van der Waals surface area contributed by atoms with Gasteiger partial charge < -0.3 is 15.5 Å². The molecule has 2 aromatic heterocycles. The van der Waals surface area contributed by atoms with Gasteiger partial charge in [-0.15, -0.1) is 0 Å². The van der Waals surface area contributed by atoms with Crippen molar-refractivity contribution in [2.24, 2.45) is 12.0 Å². The first-order valence-corrected chi connectivity index (χ1v) is 11.0. The number of hydrogen-bond acceptors (Lipinski definition) is 6. The smallest absolute Gasteiger partial charge is 0.193 e. The molecule has 9 nitrogen and oxygen atoms in total. The number of aryl methyl sites for hydroxylation is 1. The first kappa shape index (κ1) is 21.8. The van der Waals surface area contributed by atoms with Gasteiger partial charge in [-0.2, -0.15) is 5.10 Å². The fourth-order valence-corrected chi connectivity index (χ4v) is 3.83. The van der Waals surface area contributed by atoms with E-state index in [4.69, 9.17) is 0 Å². The molecule has 168 valence electrons. The number of aromatic nitrogens is 4. The Balaban J connectivity index is 1.19. The fourth-order valence-electron chi connectivity index (χ4n) is 3.83. The highest BCUT2D eigenvalue weighted by Crippen LogP contribution is 2.17. The zero-order valence-corrected chi connectivity index (χ0v) is 18.8. The summed E-state index contributed by atoms with van der Waals surface area (Å²) >= 11 is 0. The third kappa shape index (κ3) is 5.42. The second-order valence-electron chi connectivity index (χ2n) is 7.73. The average molecular weight is 434 g/mol. The van der Waals surface area contributed by atoms with Crippen molar-refractivity contribution in [3.63, 3.8) is 0 Å². The zero-order chi connectivity index (χ0) is 22.2. The van der Waals surface area contributed by atoms with Gasteiger partial charge in [0.05, 0.1) is 11.6 Å². The molecule has 1 fully saturated rings. The maximum Gasteiger partial charge on any atom is 0.193 e. The molecule has 3 heterocycles. The molecule has 0 atom stereocenters. The Bertz CT molecular complexity index is 1050. The predicted molar refractivity (Wildman–Crippen MR) is 130 cm³/mol. The Kier molecular flexibility index (Phi) is 7.29. The van der Waals surface area contributed by atoms with Crippen LogP contribution < -0.4 is 10.6 Å². The van der Waals surface area contributed by atoms with Crippen molar-refractivity contribution in [2.45, 2.75) is 0 Å². The van der Waals surface area contributed by atoms with E-state index in [1.165, 1.54) is 5.56 Å². The highest BCUT2D eigenvalue weighted by atomic mass is 15.3. The second-order valence-corrected chi connectivity index (χ2v) is 7.73. The first-order valence-electron chi connectivity index (χ1n) is 11.0. The van der Waals surface area contributed by atoms with Crippen molar-refractivity contribution in [1.82, 2.24) is 34.9 Å². The molecule has 32 heavy (non-hydrogen) atoms. The lowest BCUT2D eigenvalue weighted by Gasteiger charge is -2.36. The fraction of sp³-hybridized carbons (Fsp3) is 0.391. The van der Waals surface area contributed by atoms with Gasteiger partial charge in [-0.1, -0.05) is 42.5 Å². The van der Waals surface area contributed by atoms with E-state index in [9.17, 15) is 0 Å².